The highest BCUT2D eigenvalue weighted by Crippen LogP contribution is 2.27. The second kappa shape index (κ2) is 8.53. The predicted octanol–water partition coefficient (Wildman–Crippen LogP) is 5.25. The van der Waals surface area contributed by atoms with Crippen LogP contribution in [0, 0.1) is 20.8 Å². The van der Waals surface area contributed by atoms with Crippen molar-refractivity contribution in [3.05, 3.63) is 95.1 Å². The molecule has 0 spiro atoms. The topological polar surface area (TPSA) is 76.6 Å². The molecule has 0 saturated carbocycles. The van der Waals surface area contributed by atoms with Crippen molar-refractivity contribution >= 4 is 10.0 Å². The van der Waals surface area contributed by atoms with Crippen LogP contribution in [-0.2, 0) is 23.1 Å². The third-order valence-corrected chi connectivity index (χ3v) is 6.92. The lowest BCUT2D eigenvalue weighted by Crippen LogP contribution is -2.30. The lowest BCUT2D eigenvalue weighted by atomic mass is 10.0. The molecule has 0 fully saturated rings. The standard InChI is InChI=1S/C24H24N2O4S/c1-17-6-9-22(10-7-17)31(27,28)26(16-21-5-4-12-29-21)15-20-14-24(30-25-20)23-11-8-18(2)13-19(23)3/h4-14H,15-16H2,1-3H3. The van der Waals surface area contributed by atoms with E-state index in [1.165, 1.54) is 10.6 Å². The zero-order valence-electron chi connectivity index (χ0n) is 17.7. The van der Waals surface area contributed by atoms with Crippen LogP contribution in [0.15, 0.2) is 80.8 Å². The molecule has 0 atom stereocenters. The Morgan fingerprint density at radius 3 is 2.32 bits per heavy atom. The van der Waals surface area contributed by atoms with Gasteiger partial charge in [-0.3, -0.25) is 0 Å². The first-order valence-electron chi connectivity index (χ1n) is 9.95. The number of hydrogen-bond donors (Lipinski definition) is 0. The van der Waals surface area contributed by atoms with Crippen molar-refractivity contribution in [1.82, 2.24) is 9.46 Å². The maximum atomic E-state index is 13.4. The molecule has 0 aliphatic rings. The van der Waals surface area contributed by atoms with E-state index in [9.17, 15) is 8.42 Å². The first-order chi connectivity index (χ1) is 14.8. The Morgan fingerprint density at radius 2 is 1.65 bits per heavy atom. The van der Waals surface area contributed by atoms with E-state index in [0.29, 0.717) is 17.2 Å². The summed E-state index contributed by atoms with van der Waals surface area (Å²) in [7, 11) is -3.77. The highest BCUT2D eigenvalue weighted by Gasteiger charge is 2.27. The molecule has 31 heavy (non-hydrogen) atoms. The van der Waals surface area contributed by atoms with Gasteiger partial charge in [0.05, 0.1) is 29.9 Å². The van der Waals surface area contributed by atoms with E-state index in [0.717, 1.165) is 22.3 Å². The number of rotatable bonds is 7. The summed E-state index contributed by atoms with van der Waals surface area (Å²) < 4.78 is 39.0. The summed E-state index contributed by atoms with van der Waals surface area (Å²) in [4.78, 5) is 0.225. The molecule has 2 heterocycles. The third-order valence-electron chi connectivity index (χ3n) is 5.12. The number of aryl methyl sites for hydroxylation is 3. The smallest absolute Gasteiger partial charge is 0.243 e. The molecule has 0 unspecified atom stereocenters. The summed E-state index contributed by atoms with van der Waals surface area (Å²) in [5.74, 6) is 1.16. The van der Waals surface area contributed by atoms with E-state index < -0.39 is 10.0 Å². The normalized spacial score (nSPS) is 11.9. The first-order valence-corrected chi connectivity index (χ1v) is 11.4. The maximum Gasteiger partial charge on any atom is 0.243 e. The average Bonchev–Trinajstić information content (AvgIpc) is 3.40. The number of sulfonamides is 1. The minimum Gasteiger partial charge on any atom is -0.468 e. The van der Waals surface area contributed by atoms with Gasteiger partial charge >= 0.3 is 0 Å². The molecule has 0 amide bonds. The Labute approximate surface area is 182 Å². The van der Waals surface area contributed by atoms with Crippen molar-refractivity contribution in [3.8, 4) is 11.3 Å². The maximum absolute atomic E-state index is 13.4. The van der Waals surface area contributed by atoms with Gasteiger partial charge in [-0.15, -0.1) is 0 Å². The minimum atomic E-state index is -3.77. The van der Waals surface area contributed by atoms with E-state index in [1.54, 1.807) is 42.5 Å². The summed E-state index contributed by atoms with van der Waals surface area (Å²) >= 11 is 0. The van der Waals surface area contributed by atoms with Crippen molar-refractivity contribution in [2.45, 2.75) is 38.8 Å². The zero-order valence-corrected chi connectivity index (χ0v) is 18.5. The van der Waals surface area contributed by atoms with Crippen LogP contribution < -0.4 is 0 Å². The second-order valence-corrected chi connectivity index (χ2v) is 9.60. The molecule has 0 saturated heterocycles. The largest absolute Gasteiger partial charge is 0.468 e. The van der Waals surface area contributed by atoms with Gasteiger partial charge in [0, 0.05) is 11.6 Å². The highest BCUT2D eigenvalue weighted by atomic mass is 32.2. The molecule has 0 radical (unpaired) electrons. The SMILES string of the molecule is Cc1ccc(S(=O)(=O)N(Cc2cc(-c3ccc(C)cc3C)on2)Cc2ccco2)cc1. The fourth-order valence-electron chi connectivity index (χ4n) is 3.45. The Balaban J connectivity index is 1.65. The van der Waals surface area contributed by atoms with Gasteiger partial charge in [-0.25, -0.2) is 8.42 Å². The van der Waals surface area contributed by atoms with Crippen molar-refractivity contribution in [1.29, 1.82) is 0 Å². The summed E-state index contributed by atoms with van der Waals surface area (Å²) in [6.07, 6.45) is 1.53. The molecule has 0 aliphatic heterocycles. The molecule has 4 aromatic rings. The van der Waals surface area contributed by atoms with Gasteiger partial charge in [0.1, 0.15) is 5.76 Å². The number of nitrogens with zero attached hydrogens (tertiary/aromatic N) is 2. The molecule has 0 N–H and O–H groups in total. The third kappa shape index (κ3) is 4.62. The molecule has 160 valence electrons. The van der Waals surface area contributed by atoms with Crippen LogP contribution >= 0.6 is 0 Å². The minimum absolute atomic E-state index is 0.0608. The van der Waals surface area contributed by atoms with Crippen LogP contribution in [0.3, 0.4) is 0 Å². The quantitative estimate of drug-likeness (QED) is 0.395. The Morgan fingerprint density at radius 1 is 0.903 bits per heavy atom. The molecule has 0 bridgehead atoms. The van der Waals surface area contributed by atoms with Gasteiger partial charge in [0.15, 0.2) is 5.76 Å². The number of aromatic nitrogens is 1. The van der Waals surface area contributed by atoms with Gasteiger partial charge in [-0.1, -0.05) is 46.6 Å². The van der Waals surface area contributed by atoms with Gasteiger partial charge in [0.25, 0.3) is 0 Å². The van der Waals surface area contributed by atoms with E-state index in [1.807, 2.05) is 32.9 Å². The summed E-state index contributed by atoms with van der Waals surface area (Å²) in [6.45, 7) is 6.11. The lowest BCUT2D eigenvalue weighted by Gasteiger charge is -2.20. The Kier molecular flexibility index (Phi) is 5.80. The molecule has 2 aromatic heterocycles. The van der Waals surface area contributed by atoms with E-state index >= 15 is 0 Å². The van der Waals surface area contributed by atoms with Gasteiger partial charge in [-0.2, -0.15) is 4.31 Å². The van der Waals surface area contributed by atoms with Crippen LogP contribution in [-0.4, -0.2) is 17.9 Å². The van der Waals surface area contributed by atoms with Gasteiger partial charge in [0.2, 0.25) is 10.0 Å². The van der Waals surface area contributed by atoms with E-state index in [4.69, 9.17) is 8.94 Å². The molecule has 2 aromatic carbocycles. The van der Waals surface area contributed by atoms with Gasteiger partial charge in [-0.05, 0) is 50.6 Å². The number of furan rings is 1. The molecular weight excluding hydrogens is 412 g/mol. The summed E-state index contributed by atoms with van der Waals surface area (Å²) in [5.41, 5.74) is 4.68. The molecule has 6 nitrogen and oxygen atoms in total. The number of benzene rings is 2. The number of hydrogen-bond acceptors (Lipinski definition) is 5. The van der Waals surface area contributed by atoms with Crippen molar-refractivity contribution in [2.75, 3.05) is 0 Å². The van der Waals surface area contributed by atoms with Crippen LogP contribution in [0.4, 0.5) is 0 Å². The van der Waals surface area contributed by atoms with Crippen molar-refractivity contribution in [2.24, 2.45) is 0 Å². The first kappa shape index (κ1) is 21.1. The molecule has 4 rings (SSSR count). The van der Waals surface area contributed by atoms with Crippen LogP contribution in [0.5, 0.6) is 0 Å². The van der Waals surface area contributed by atoms with Crippen LogP contribution in [0.2, 0.25) is 0 Å². The summed E-state index contributed by atoms with van der Waals surface area (Å²) in [5, 5.41) is 4.13. The fourth-order valence-corrected chi connectivity index (χ4v) is 4.82. The zero-order chi connectivity index (χ0) is 22.0. The van der Waals surface area contributed by atoms with E-state index in [2.05, 4.69) is 11.2 Å². The van der Waals surface area contributed by atoms with Gasteiger partial charge < -0.3 is 8.94 Å². The second-order valence-electron chi connectivity index (χ2n) is 7.67. The Hall–Kier alpha value is -3.16. The Bertz CT molecular complexity index is 1270. The van der Waals surface area contributed by atoms with Crippen LogP contribution in [0.1, 0.15) is 28.1 Å². The molecule has 0 aliphatic carbocycles. The predicted molar refractivity (Wildman–Crippen MR) is 118 cm³/mol. The fraction of sp³-hybridized carbons (Fsp3) is 0.208. The van der Waals surface area contributed by atoms with Crippen molar-refractivity contribution < 1.29 is 17.4 Å². The highest BCUT2D eigenvalue weighted by molar-refractivity contribution is 7.89. The van der Waals surface area contributed by atoms with E-state index in [-0.39, 0.29) is 18.0 Å². The van der Waals surface area contributed by atoms with Crippen molar-refractivity contribution in [3.63, 3.8) is 0 Å². The summed E-state index contributed by atoms with van der Waals surface area (Å²) in [6, 6.07) is 18.1. The molecule has 7 heteroatoms. The monoisotopic (exact) mass is 436 g/mol. The van der Waals surface area contributed by atoms with Crippen LogP contribution in [0.25, 0.3) is 11.3 Å². The molecular formula is C24H24N2O4S. The average molecular weight is 437 g/mol. The lowest BCUT2D eigenvalue weighted by molar-refractivity contribution is 0.343.